The average Bonchev–Trinajstić information content (AvgIpc) is 2.82. The minimum Gasteiger partial charge on any atom is -0.379 e. The third-order valence-corrected chi connectivity index (χ3v) is 6.25. The van der Waals surface area contributed by atoms with E-state index in [0.29, 0.717) is 0 Å². The van der Waals surface area contributed by atoms with Crippen molar-refractivity contribution in [2.75, 3.05) is 44.7 Å². The van der Waals surface area contributed by atoms with Crippen LogP contribution >= 0.6 is 11.3 Å². The molecule has 1 aliphatic carbocycles. The van der Waals surface area contributed by atoms with Gasteiger partial charge in [0.1, 0.15) is 17.0 Å². The topological polar surface area (TPSA) is 50.3 Å². The Balaban J connectivity index is 1.42. The Labute approximate surface area is 147 Å². The molecule has 5 nitrogen and oxygen atoms in total. The number of aryl methyl sites for hydroxylation is 2. The van der Waals surface area contributed by atoms with Crippen LogP contribution in [-0.4, -0.2) is 54.3 Å². The van der Waals surface area contributed by atoms with Gasteiger partial charge in [0.05, 0.1) is 18.6 Å². The third-order valence-electron chi connectivity index (χ3n) is 5.05. The highest BCUT2D eigenvalue weighted by Crippen LogP contribution is 2.37. The number of anilines is 1. The summed E-state index contributed by atoms with van der Waals surface area (Å²) in [4.78, 5) is 14.3. The highest BCUT2D eigenvalue weighted by Gasteiger charge is 2.18. The van der Waals surface area contributed by atoms with Gasteiger partial charge in [-0.3, -0.25) is 4.90 Å². The molecule has 0 aromatic carbocycles. The van der Waals surface area contributed by atoms with Crippen molar-refractivity contribution in [3.63, 3.8) is 0 Å². The van der Waals surface area contributed by atoms with E-state index in [4.69, 9.17) is 4.74 Å². The van der Waals surface area contributed by atoms with Gasteiger partial charge in [-0.2, -0.15) is 0 Å². The average molecular weight is 347 g/mol. The van der Waals surface area contributed by atoms with E-state index in [9.17, 15) is 0 Å². The minimum absolute atomic E-state index is 0.876. The summed E-state index contributed by atoms with van der Waals surface area (Å²) >= 11 is 1.88. The standard InChI is InChI=1S/C18H26N4OS/c1-2-5-14-15(6-3-1)24-18-16(14)17(20-13-21-18)19-7-4-8-22-9-11-23-12-10-22/h13H,1-12H2,(H,19,20,21). The van der Waals surface area contributed by atoms with Crippen molar-refractivity contribution < 1.29 is 4.74 Å². The van der Waals surface area contributed by atoms with Crippen LogP contribution in [0.1, 0.15) is 36.1 Å². The first-order valence-corrected chi connectivity index (χ1v) is 10.0. The molecule has 2 aliphatic rings. The van der Waals surface area contributed by atoms with Gasteiger partial charge >= 0.3 is 0 Å². The van der Waals surface area contributed by atoms with E-state index in [2.05, 4.69) is 20.2 Å². The highest BCUT2D eigenvalue weighted by atomic mass is 32.1. The fraction of sp³-hybridized carbons (Fsp3) is 0.667. The zero-order valence-corrected chi connectivity index (χ0v) is 15.0. The van der Waals surface area contributed by atoms with Gasteiger partial charge in [0, 0.05) is 24.5 Å². The van der Waals surface area contributed by atoms with Gasteiger partial charge in [0.2, 0.25) is 0 Å². The fourth-order valence-corrected chi connectivity index (χ4v) is 4.96. The van der Waals surface area contributed by atoms with Crippen molar-refractivity contribution >= 4 is 27.4 Å². The number of thiophene rings is 1. The maximum atomic E-state index is 5.40. The van der Waals surface area contributed by atoms with E-state index in [1.54, 1.807) is 11.2 Å². The summed E-state index contributed by atoms with van der Waals surface area (Å²) < 4.78 is 5.40. The molecule has 1 N–H and O–H groups in total. The number of aromatic nitrogens is 2. The lowest BCUT2D eigenvalue weighted by molar-refractivity contribution is 0.0378. The van der Waals surface area contributed by atoms with E-state index in [0.717, 1.165) is 56.5 Å². The van der Waals surface area contributed by atoms with Crippen molar-refractivity contribution in [1.29, 1.82) is 0 Å². The lowest BCUT2D eigenvalue weighted by Gasteiger charge is -2.26. The van der Waals surface area contributed by atoms with Crippen LogP contribution in [0, 0.1) is 0 Å². The molecule has 1 fully saturated rings. The van der Waals surface area contributed by atoms with Crippen LogP contribution in [0.15, 0.2) is 6.33 Å². The van der Waals surface area contributed by atoms with Gasteiger partial charge in [0.15, 0.2) is 0 Å². The van der Waals surface area contributed by atoms with E-state index in [1.807, 2.05) is 11.3 Å². The van der Waals surface area contributed by atoms with Crippen LogP contribution in [0.4, 0.5) is 5.82 Å². The lowest BCUT2D eigenvalue weighted by Crippen LogP contribution is -2.37. The Morgan fingerprint density at radius 2 is 2.00 bits per heavy atom. The van der Waals surface area contributed by atoms with Gasteiger partial charge in [-0.05, 0) is 44.2 Å². The smallest absolute Gasteiger partial charge is 0.138 e. The van der Waals surface area contributed by atoms with Crippen LogP contribution < -0.4 is 5.32 Å². The first-order chi connectivity index (χ1) is 11.9. The van der Waals surface area contributed by atoms with E-state index < -0.39 is 0 Å². The van der Waals surface area contributed by atoms with Crippen LogP contribution in [0.2, 0.25) is 0 Å². The number of nitrogens with zero attached hydrogens (tertiary/aromatic N) is 3. The fourth-order valence-electron chi connectivity index (χ4n) is 3.74. The SMILES string of the molecule is c1nc(NCCCN2CCOCC2)c2c3c(sc2n1)CCCCC3. The Hall–Kier alpha value is -1.24. The number of rotatable bonds is 5. The summed E-state index contributed by atoms with van der Waals surface area (Å²) in [6.45, 7) is 5.98. The number of nitrogens with one attached hydrogen (secondary N) is 1. The zero-order valence-electron chi connectivity index (χ0n) is 14.2. The molecule has 6 heteroatoms. The molecule has 130 valence electrons. The maximum Gasteiger partial charge on any atom is 0.138 e. The van der Waals surface area contributed by atoms with Gasteiger partial charge in [-0.25, -0.2) is 9.97 Å². The number of hydrogen-bond acceptors (Lipinski definition) is 6. The van der Waals surface area contributed by atoms with Crippen molar-refractivity contribution in [2.24, 2.45) is 0 Å². The molecule has 1 saturated heterocycles. The molecule has 24 heavy (non-hydrogen) atoms. The van der Waals surface area contributed by atoms with Crippen molar-refractivity contribution in [1.82, 2.24) is 14.9 Å². The van der Waals surface area contributed by atoms with Gasteiger partial charge < -0.3 is 10.1 Å². The van der Waals surface area contributed by atoms with Crippen LogP contribution in [-0.2, 0) is 17.6 Å². The van der Waals surface area contributed by atoms with Gasteiger partial charge in [-0.15, -0.1) is 11.3 Å². The lowest BCUT2D eigenvalue weighted by atomic mass is 10.1. The largest absolute Gasteiger partial charge is 0.379 e. The van der Waals surface area contributed by atoms with Crippen molar-refractivity contribution in [3.05, 3.63) is 16.8 Å². The Bertz CT molecular complexity index is 681. The molecule has 0 radical (unpaired) electrons. The summed E-state index contributed by atoms with van der Waals surface area (Å²) in [6, 6.07) is 0. The first kappa shape index (κ1) is 16.2. The summed E-state index contributed by atoms with van der Waals surface area (Å²) in [6.07, 6.45) is 9.21. The predicted molar refractivity (Wildman–Crippen MR) is 99.0 cm³/mol. The molecule has 4 rings (SSSR count). The number of hydrogen-bond donors (Lipinski definition) is 1. The van der Waals surface area contributed by atoms with Gasteiger partial charge in [0.25, 0.3) is 0 Å². The molecule has 1 aliphatic heterocycles. The maximum absolute atomic E-state index is 5.40. The van der Waals surface area contributed by atoms with Crippen LogP contribution in [0.3, 0.4) is 0 Å². The van der Waals surface area contributed by atoms with E-state index in [-0.39, 0.29) is 0 Å². The highest BCUT2D eigenvalue weighted by molar-refractivity contribution is 7.18. The zero-order chi connectivity index (χ0) is 16.2. The predicted octanol–water partition coefficient (Wildman–Crippen LogP) is 3.09. The Morgan fingerprint density at radius 3 is 2.92 bits per heavy atom. The second-order valence-electron chi connectivity index (χ2n) is 6.70. The molecule has 0 saturated carbocycles. The van der Waals surface area contributed by atoms with Crippen molar-refractivity contribution in [3.8, 4) is 0 Å². The van der Waals surface area contributed by atoms with Gasteiger partial charge in [-0.1, -0.05) is 6.42 Å². The summed E-state index contributed by atoms with van der Waals surface area (Å²) in [5.74, 6) is 1.04. The molecule has 2 aromatic rings. The number of fused-ring (bicyclic) bond motifs is 3. The molecule has 0 spiro atoms. The third kappa shape index (κ3) is 3.55. The van der Waals surface area contributed by atoms with Crippen LogP contribution in [0.5, 0.6) is 0 Å². The second kappa shape index (κ2) is 7.76. The normalized spacial score (nSPS) is 19.2. The van der Waals surface area contributed by atoms with E-state index >= 15 is 0 Å². The summed E-state index contributed by atoms with van der Waals surface area (Å²) in [7, 11) is 0. The molecular weight excluding hydrogens is 320 g/mol. The Kier molecular flexibility index (Phi) is 5.25. The molecule has 0 atom stereocenters. The number of morpholine rings is 1. The van der Waals surface area contributed by atoms with Crippen LogP contribution in [0.25, 0.3) is 10.2 Å². The molecule has 0 unspecified atom stereocenters. The quantitative estimate of drug-likeness (QED) is 0.666. The summed E-state index contributed by atoms with van der Waals surface area (Å²) in [5, 5.41) is 4.88. The Morgan fingerprint density at radius 1 is 1.12 bits per heavy atom. The molecule has 0 bridgehead atoms. The molecule has 2 aromatic heterocycles. The molecular formula is C18H26N4OS. The molecule has 0 amide bonds. The first-order valence-electron chi connectivity index (χ1n) is 9.21. The van der Waals surface area contributed by atoms with Crippen molar-refractivity contribution in [2.45, 2.75) is 38.5 Å². The molecule has 3 heterocycles. The van der Waals surface area contributed by atoms with E-state index in [1.165, 1.54) is 43.1 Å². The second-order valence-corrected chi connectivity index (χ2v) is 7.78. The monoisotopic (exact) mass is 346 g/mol. The number of ether oxygens (including phenoxy) is 1. The summed E-state index contributed by atoms with van der Waals surface area (Å²) in [5.41, 5.74) is 1.52. The minimum atomic E-state index is 0.876.